The molecule has 202 valence electrons. The lowest BCUT2D eigenvalue weighted by atomic mass is 9.61. The molecule has 1 aromatic carbocycles. The standard InChI is InChI=1S/C27H41N7O3/c1-4-5-8-34(9-10-35)25-24(28)22(31-26(29)32-25)15-30-14-20-7-6-19(11-23(20)37-3)16-33-17-27(18-33)12-21(13-27)36-2/h6-7,11,15,21,35H,4-5,8-10,12-14,16-18,28H2,1-3H3,(H2,29,31,32). The maximum absolute atomic E-state index is 9.48. The fraction of sp³-hybridized carbons (Fsp3) is 0.593. The molecule has 1 aromatic heterocycles. The van der Waals surface area contributed by atoms with Crippen LogP contribution in [0.15, 0.2) is 23.2 Å². The van der Waals surface area contributed by atoms with Gasteiger partial charge in [-0.15, -0.1) is 0 Å². The molecule has 2 fully saturated rings. The highest BCUT2D eigenvalue weighted by Crippen LogP contribution is 2.49. The molecule has 10 nitrogen and oxygen atoms in total. The van der Waals surface area contributed by atoms with E-state index < -0.39 is 0 Å². The van der Waals surface area contributed by atoms with E-state index >= 15 is 0 Å². The first-order valence-electron chi connectivity index (χ1n) is 13.1. The molecule has 2 aromatic rings. The van der Waals surface area contributed by atoms with E-state index in [1.165, 1.54) is 18.4 Å². The fourth-order valence-corrected chi connectivity index (χ4v) is 5.48. The predicted molar refractivity (Wildman–Crippen MR) is 147 cm³/mol. The lowest BCUT2D eigenvalue weighted by molar-refractivity contribution is -0.142. The Hall–Kier alpha value is -2.95. The minimum atomic E-state index is -0.000805. The predicted octanol–water partition coefficient (Wildman–Crippen LogP) is 2.48. The average Bonchev–Trinajstić information content (AvgIpc) is 2.84. The van der Waals surface area contributed by atoms with Crippen LogP contribution in [0.2, 0.25) is 0 Å². The molecule has 4 rings (SSSR count). The summed E-state index contributed by atoms with van der Waals surface area (Å²) >= 11 is 0. The number of rotatable bonds is 13. The van der Waals surface area contributed by atoms with E-state index in [1.54, 1.807) is 13.3 Å². The highest BCUT2D eigenvalue weighted by Gasteiger charge is 2.52. The quantitative estimate of drug-likeness (QED) is 0.347. The van der Waals surface area contributed by atoms with E-state index in [-0.39, 0.29) is 12.6 Å². The van der Waals surface area contributed by atoms with E-state index in [0.717, 1.165) is 50.3 Å². The van der Waals surface area contributed by atoms with E-state index in [0.29, 0.717) is 41.8 Å². The summed E-state index contributed by atoms with van der Waals surface area (Å²) in [7, 11) is 3.49. The van der Waals surface area contributed by atoms with Crippen LogP contribution in [0.25, 0.3) is 0 Å². The van der Waals surface area contributed by atoms with Crippen LogP contribution in [-0.4, -0.2) is 79.3 Å². The van der Waals surface area contributed by atoms with Gasteiger partial charge in [-0.05, 0) is 30.9 Å². The number of aromatic nitrogens is 2. The van der Waals surface area contributed by atoms with E-state index in [2.05, 4.69) is 45.0 Å². The normalized spacial score (nSPS) is 17.2. The Bertz CT molecular complexity index is 1080. The van der Waals surface area contributed by atoms with Gasteiger partial charge < -0.3 is 30.9 Å². The van der Waals surface area contributed by atoms with Gasteiger partial charge in [0, 0.05) is 57.0 Å². The summed E-state index contributed by atoms with van der Waals surface area (Å²) < 4.78 is 11.1. The third-order valence-electron chi connectivity index (χ3n) is 7.43. The van der Waals surface area contributed by atoms with Gasteiger partial charge in [0.15, 0.2) is 5.82 Å². The van der Waals surface area contributed by atoms with E-state index in [4.69, 9.17) is 20.9 Å². The Morgan fingerprint density at radius 1 is 1.22 bits per heavy atom. The molecule has 0 atom stereocenters. The Balaban J connectivity index is 1.39. The molecule has 0 radical (unpaired) electrons. The summed E-state index contributed by atoms with van der Waals surface area (Å²) in [6.07, 6.45) is 6.42. The van der Waals surface area contributed by atoms with Crippen molar-refractivity contribution in [3.8, 4) is 5.75 Å². The molecule has 1 aliphatic heterocycles. The number of aliphatic hydroxyl groups excluding tert-OH is 1. The molecule has 5 N–H and O–H groups in total. The Kier molecular flexibility index (Phi) is 8.83. The van der Waals surface area contributed by atoms with Crippen molar-refractivity contribution in [2.45, 2.75) is 51.8 Å². The van der Waals surface area contributed by atoms with Crippen LogP contribution >= 0.6 is 0 Å². The zero-order valence-electron chi connectivity index (χ0n) is 22.3. The van der Waals surface area contributed by atoms with Crippen molar-refractivity contribution in [3.05, 3.63) is 35.0 Å². The number of hydrogen-bond donors (Lipinski definition) is 3. The molecule has 1 spiro atoms. The second-order valence-corrected chi connectivity index (χ2v) is 10.3. The second kappa shape index (κ2) is 12.1. The highest BCUT2D eigenvalue weighted by molar-refractivity contribution is 5.89. The minimum absolute atomic E-state index is 0.000805. The van der Waals surface area contributed by atoms with Crippen molar-refractivity contribution in [2.24, 2.45) is 10.4 Å². The van der Waals surface area contributed by atoms with Gasteiger partial charge in [0.25, 0.3) is 0 Å². The van der Waals surface area contributed by atoms with Crippen LogP contribution in [0.3, 0.4) is 0 Å². The number of likely N-dealkylation sites (tertiary alicyclic amines) is 1. The maximum atomic E-state index is 9.48. The largest absolute Gasteiger partial charge is 0.496 e. The fourth-order valence-electron chi connectivity index (χ4n) is 5.48. The first-order valence-corrected chi connectivity index (χ1v) is 13.1. The average molecular weight is 512 g/mol. The molecule has 1 saturated carbocycles. The van der Waals surface area contributed by atoms with Gasteiger partial charge in [-0.3, -0.25) is 9.89 Å². The van der Waals surface area contributed by atoms with Crippen LogP contribution in [-0.2, 0) is 17.8 Å². The van der Waals surface area contributed by atoms with E-state index in [1.807, 2.05) is 12.0 Å². The molecular formula is C27H41N7O3. The monoisotopic (exact) mass is 511 g/mol. The molecule has 0 bridgehead atoms. The number of nitrogens with two attached hydrogens (primary N) is 2. The second-order valence-electron chi connectivity index (χ2n) is 10.3. The van der Waals surface area contributed by atoms with Crippen molar-refractivity contribution < 1.29 is 14.6 Å². The number of anilines is 3. The molecule has 10 heteroatoms. The number of ether oxygens (including phenoxy) is 2. The third-order valence-corrected chi connectivity index (χ3v) is 7.43. The lowest BCUT2D eigenvalue weighted by Gasteiger charge is -2.58. The first-order chi connectivity index (χ1) is 17.9. The summed E-state index contributed by atoms with van der Waals surface area (Å²) in [6.45, 7) is 6.88. The van der Waals surface area contributed by atoms with Crippen LogP contribution in [0.1, 0.15) is 49.4 Å². The smallest absolute Gasteiger partial charge is 0.222 e. The molecule has 1 aliphatic carbocycles. The summed E-state index contributed by atoms with van der Waals surface area (Å²) in [5, 5.41) is 9.48. The van der Waals surface area contributed by atoms with Crippen LogP contribution in [0, 0.1) is 5.41 Å². The molecule has 1 saturated heterocycles. The molecule has 37 heavy (non-hydrogen) atoms. The molecule has 2 aliphatic rings. The summed E-state index contributed by atoms with van der Waals surface area (Å²) in [5.41, 5.74) is 15.9. The number of nitrogens with zero attached hydrogens (tertiary/aromatic N) is 5. The Morgan fingerprint density at radius 3 is 2.68 bits per heavy atom. The SMILES string of the molecule is CCCCN(CCO)c1nc(N)nc(C=NCc2ccc(CN3CC4(CC(OC)C4)C3)cc2OC)c1N. The number of methoxy groups -OCH3 is 2. The third kappa shape index (κ3) is 6.31. The summed E-state index contributed by atoms with van der Waals surface area (Å²) in [5.74, 6) is 1.47. The number of hydrogen-bond acceptors (Lipinski definition) is 10. The van der Waals surface area contributed by atoms with Crippen molar-refractivity contribution >= 4 is 23.7 Å². The Morgan fingerprint density at radius 2 is 2.00 bits per heavy atom. The zero-order chi connectivity index (χ0) is 26.4. The van der Waals surface area contributed by atoms with Gasteiger partial charge in [-0.1, -0.05) is 25.5 Å². The minimum Gasteiger partial charge on any atom is -0.496 e. The molecule has 0 amide bonds. The maximum Gasteiger partial charge on any atom is 0.222 e. The molecule has 0 unspecified atom stereocenters. The number of nitrogen functional groups attached to an aromatic ring is 2. The van der Waals surface area contributed by atoms with Gasteiger partial charge in [0.05, 0.1) is 26.4 Å². The van der Waals surface area contributed by atoms with Gasteiger partial charge in [-0.2, -0.15) is 4.98 Å². The van der Waals surface area contributed by atoms with Crippen LogP contribution < -0.4 is 21.1 Å². The number of aliphatic imine (C=N–C) groups is 1. The van der Waals surface area contributed by atoms with Gasteiger partial charge in [0.1, 0.15) is 17.1 Å². The number of benzene rings is 1. The van der Waals surface area contributed by atoms with Crippen molar-refractivity contribution in [2.75, 3.05) is 63.4 Å². The number of aliphatic hydroxyl groups is 1. The highest BCUT2D eigenvalue weighted by atomic mass is 16.5. The van der Waals surface area contributed by atoms with E-state index in [9.17, 15) is 5.11 Å². The topological polar surface area (TPSA) is 135 Å². The van der Waals surface area contributed by atoms with Crippen molar-refractivity contribution in [1.82, 2.24) is 14.9 Å². The van der Waals surface area contributed by atoms with Crippen LogP contribution in [0.4, 0.5) is 17.5 Å². The van der Waals surface area contributed by atoms with Crippen molar-refractivity contribution in [3.63, 3.8) is 0 Å². The summed E-state index contributed by atoms with van der Waals surface area (Å²) in [4.78, 5) is 17.6. The number of unbranched alkanes of at least 4 members (excludes halogenated alkanes) is 1. The van der Waals surface area contributed by atoms with Crippen molar-refractivity contribution in [1.29, 1.82) is 0 Å². The van der Waals surface area contributed by atoms with Gasteiger partial charge in [-0.25, -0.2) is 4.98 Å². The first kappa shape index (κ1) is 27.1. The van der Waals surface area contributed by atoms with Gasteiger partial charge >= 0.3 is 0 Å². The Labute approximate surface area is 219 Å². The zero-order valence-corrected chi connectivity index (χ0v) is 22.3. The molecule has 2 heterocycles. The van der Waals surface area contributed by atoms with Crippen LogP contribution in [0.5, 0.6) is 5.75 Å². The summed E-state index contributed by atoms with van der Waals surface area (Å²) in [6, 6.07) is 6.32. The lowest BCUT2D eigenvalue weighted by Crippen LogP contribution is -2.63. The molecular weight excluding hydrogens is 470 g/mol. The van der Waals surface area contributed by atoms with Gasteiger partial charge in [0.2, 0.25) is 5.95 Å².